The highest BCUT2D eigenvalue weighted by Crippen LogP contribution is 2.34. The first-order valence-electron chi connectivity index (χ1n) is 8.82. The summed E-state index contributed by atoms with van der Waals surface area (Å²) in [6.45, 7) is 9.87. The molecular formula is C22H27NO3. The van der Waals surface area contributed by atoms with E-state index in [1.165, 1.54) is 0 Å². The van der Waals surface area contributed by atoms with Crippen molar-refractivity contribution in [1.82, 2.24) is 0 Å². The standard InChI is InChI=1S/C22H27NO3/c1-14(2)25-21-13-6-16(5)22(26-15(3)4)19(21)11-12-20(24)17-7-9-18(23)10-8-17/h6-15H,23H2,1-5H3/b12-11+. The Labute approximate surface area is 155 Å². The number of carbonyl (C=O) groups is 1. The molecule has 0 saturated carbocycles. The van der Waals surface area contributed by atoms with Crippen molar-refractivity contribution in [3.8, 4) is 11.5 Å². The average molecular weight is 353 g/mol. The van der Waals surface area contributed by atoms with E-state index in [-0.39, 0.29) is 18.0 Å². The molecule has 0 aliphatic carbocycles. The van der Waals surface area contributed by atoms with Gasteiger partial charge in [-0.2, -0.15) is 0 Å². The summed E-state index contributed by atoms with van der Waals surface area (Å²) in [7, 11) is 0. The van der Waals surface area contributed by atoms with E-state index >= 15 is 0 Å². The Balaban J connectivity index is 2.42. The van der Waals surface area contributed by atoms with E-state index in [9.17, 15) is 4.79 Å². The molecule has 2 N–H and O–H groups in total. The van der Waals surface area contributed by atoms with Gasteiger partial charge in [-0.25, -0.2) is 0 Å². The predicted molar refractivity (Wildman–Crippen MR) is 107 cm³/mol. The van der Waals surface area contributed by atoms with Gasteiger partial charge >= 0.3 is 0 Å². The number of allylic oxidation sites excluding steroid dienone is 1. The summed E-state index contributed by atoms with van der Waals surface area (Å²) in [4.78, 5) is 12.5. The van der Waals surface area contributed by atoms with E-state index in [1.54, 1.807) is 36.4 Å². The van der Waals surface area contributed by atoms with Crippen molar-refractivity contribution in [3.05, 3.63) is 59.2 Å². The maximum atomic E-state index is 12.5. The molecule has 2 rings (SSSR count). The van der Waals surface area contributed by atoms with Crippen molar-refractivity contribution >= 4 is 17.5 Å². The van der Waals surface area contributed by atoms with Gasteiger partial charge < -0.3 is 15.2 Å². The van der Waals surface area contributed by atoms with E-state index in [0.717, 1.165) is 16.9 Å². The molecule has 0 unspecified atom stereocenters. The second-order valence-electron chi connectivity index (χ2n) is 6.78. The molecule has 4 heteroatoms. The Kier molecular flexibility index (Phi) is 6.45. The molecule has 4 nitrogen and oxygen atoms in total. The molecule has 0 aliphatic rings. The minimum absolute atomic E-state index is 0.0166. The highest BCUT2D eigenvalue weighted by molar-refractivity contribution is 6.07. The lowest BCUT2D eigenvalue weighted by molar-refractivity contribution is 0.104. The molecule has 0 aliphatic heterocycles. The SMILES string of the molecule is Cc1ccc(OC(C)C)c(/C=C/C(=O)c2ccc(N)cc2)c1OC(C)C. The fraction of sp³-hybridized carbons (Fsp3) is 0.318. The minimum atomic E-state index is -0.0995. The van der Waals surface area contributed by atoms with Crippen LogP contribution < -0.4 is 15.2 Å². The molecule has 2 aromatic rings. The van der Waals surface area contributed by atoms with Gasteiger partial charge in [0.1, 0.15) is 11.5 Å². The number of nitrogens with two attached hydrogens (primary N) is 1. The Morgan fingerprint density at radius 1 is 0.962 bits per heavy atom. The monoisotopic (exact) mass is 353 g/mol. The number of carbonyl (C=O) groups excluding carboxylic acids is 1. The summed E-state index contributed by atoms with van der Waals surface area (Å²) in [6, 6.07) is 10.7. The van der Waals surface area contributed by atoms with Gasteiger partial charge in [0, 0.05) is 11.3 Å². The third-order valence-corrected chi connectivity index (χ3v) is 3.67. The number of hydrogen-bond donors (Lipinski definition) is 1. The number of aryl methyl sites for hydroxylation is 1. The summed E-state index contributed by atoms with van der Waals surface area (Å²) in [5, 5.41) is 0. The third-order valence-electron chi connectivity index (χ3n) is 3.67. The smallest absolute Gasteiger partial charge is 0.185 e. The van der Waals surface area contributed by atoms with Gasteiger partial charge in [0.25, 0.3) is 0 Å². The Bertz CT molecular complexity index is 790. The van der Waals surface area contributed by atoms with Crippen LogP contribution in [0.15, 0.2) is 42.5 Å². The van der Waals surface area contributed by atoms with Gasteiger partial charge in [0.15, 0.2) is 5.78 Å². The molecule has 0 fully saturated rings. The van der Waals surface area contributed by atoms with Crippen molar-refractivity contribution in [2.45, 2.75) is 46.8 Å². The number of nitrogen functional groups attached to an aromatic ring is 1. The van der Waals surface area contributed by atoms with Crippen LogP contribution in [0.3, 0.4) is 0 Å². The second-order valence-corrected chi connectivity index (χ2v) is 6.78. The Morgan fingerprint density at radius 2 is 1.58 bits per heavy atom. The van der Waals surface area contributed by atoms with Gasteiger partial charge in [0.2, 0.25) is 0 Å². The molecule has 0 heterocycles. The number of ketones is 1. The third kappa shape index (κ3) is 5.12. The van der Waals surface area contributed by atoms with Crippen LogP contribution in [0.4, 0.5) is 5.69 Å². The van der Waals surface area contributed by atoms with E-state index in [2.05, 4.69) is 0 Å². The number of anilines is 1. The van der Waals surface area contributed by atoms with Crippen LogP contribution in [-0.2, 0) is 0 Å². The molecule has 0 bridgehead atoms. The van der Waals surface area contributed by atoms with E-state index < -0.39 is 0 Å². The van der Waals surface area contributed by atoms with Crippen LogP contribution in [0.25, 0.3) is 6.08 Å². The molecule has 0 radical (unpaired) electrons. The topological polar surface area (TPSA) is 61.5 Å². The highest BCUT2D eigenvalue weighted by atomic mass is 16.5. The van der Waals surface area contributed by atoms with Crippen molar-refractivity contribution < 1.29 is 14.3 Å². The van der Waals surface area contributed by atoms with Crippen LogP contribution in [0, 0.1) is 6.92 Å². The molecule has 2 aromatic carbocycles. The maximum Gasteiger partial charge on any atom is 0.185 e. The summed E-state index contributed by atoms with van der Waals surface area (Å²) in [5.74, 6) is 1.33. The second kappa shape index (κ2) is 8.56. The molecular weight excluding hydrogens is 326 g/mol. The predicted octanol–water partition coefficient (Wildman–Crippen LogP) is 5.05. The van der Waals surface area contributed by atoms with E-state index in [1.807, 2.05) is 46.8 Å². The zero-order chi connectivity index (χ0) is 19.3. The largest absolute Gasteiger partial charge is 0.490 e. The number of rotatable bonds is 7. The highest BCUT2D eigenvalue weighted by Gasteiger charge is 2.15. The molecule has 0 aromatic heterocycles. The van der Waals surface area contributed by atoms with Crippen LogP contribution in [-0.4, -0.2) is 18.0 Å². The first-order valence-corrected chi connectivity index (χ1v) is 8.82. The van der Waals surface area contributed by atoms with Crippen LogP contribution in [0.1, 0.15) is 49.2 Å². The first-order chi connectivity index (χ1) is 12.3. The molecule has 0 saturated heterocycles. The van der Waals surface area contributed by atoms with Gasteiger partial charge in [-0.05, 0) is 82.7 Å². The normalized spacial score (nSPS) is 11.3. The summed E-state index contributed by atoms with van der Waals surface area (Å²) >= 11 is 0. The van der Waals surface area contributed by atoms with Gasteiger partial charge in [-0.1, -0.05) is 6.07 Å². The van der Waals surface area contributed by atoms with Gasteiger partial charge in [-0.15, -0.1) is 0 Å². The van der Waals surface area contributed by atoms with E-state index in [0.29, 0.717) is 17.0 Å². The zero-order valence-electron chi connectivity index (χ0n) is 16.1. The maximum absolute atomic E-state index is 12.5. The first kappa shape index (κ1) is 19.6. The molecule has 0 amide bonds. The summed E-state index contributed by atoms with van der Waals surface area (Å²) < 4.78 is 11.9. The number of ether oxygens (including phenoxy) is 2. The average Bonchev–Trinajstić information content (AvgIpc) is 2.56. The zero-order valence-corrected chi connectivity index (χ0v) is 16.1. The molecule has 26 heavy (non-hydrogen) atoms. The fourth-order valence-electron chi connectivity index (χ4n) is 2.50. The molecule has 138 valence electrons. The number of hydrogen-bond acceptors (Lipinski definition) is 4. The van der Waals surface area contributed by atoms with Crippen LogP contribution >= 0.6 is 0 Å². The minimum Gasteiger partial charge on any atom is -0.490 e. The van der Waals surface area contributed by atoms with Gasteiger partial charge in [-0.3, -0.25) is 4.79 Å². The van der Waals surface area contributed by atoms with Crippen molar-refractivity contribution in [3.63, 3.8) is 0 Å². The van der Waals surface area contributed by atoms with Crippen molar-refractivity contribution in [2.75, 3.05) is 5.73 Å². The van der Waals surface area contributed by atoms with Crippen LogP contribution in [0.5, 0.6) is 11.5 Å². The Hall–Kier alpha value is -2.75. The molecule has 0 atom stereocenters. The Morgan fingerprint density at radius 3 is 2.15 bits per heavy atom. The number of benzene rings is 2. The lowest BCUT2D eigenvalue weighted by Gasteiger charge is -2.19. The summed E-state index contributed by atoms with van der Waals surface area (Å²) in [5.41, 5.74) is 8.66. The fourth-order valence-corrected chi connectivity index (χ4v) is 2.50. The van der Waals surface area contributed by atoms with Crippen molar-refractivity contribution in [1.29, 1.82) is 0 Å². The lowest BCUT2D eigenvalue weighted by Crippen LogP contribution is -2.11. The van der Waals surface area contributed by atoms with E-state index in [4.69, 9.17) is 15.2 Å². The van der Waals surface area contributed by atoms with Crippen LogP contribution in [0.2, 0.25) is 0 Å². The molecule has 0 spiro atoms. The van der Waals surface area contributed by atoms with Gasteiger partial charge in [0.05, 0.1) is 17.8 Å². The van der Waals surface area contributed by atoms with Crippen molar-refractivity contribution in [2.24, 2.45) is 0 Å². The lowest BCUT2D eigenvalue weighted by atomic mass is 10.0. The quantitative estimate of drug-likeness (QED) is 0.430. The summed E-state index contributed by atoms with van der Waals surface area (Å²) in [6.07, 6.45) is 3.34.